The number of carbonyl (C=O) groups is 1. The van der Waals surface area contributed by atoms with Crippen LogP contribution in [0.4, 0.5) is 0 Å². The first-order valence-electron chi connectivity index (χ1n) is 8.06. The number of ether oxygens (including phenoxy) is 1. The lowest BCUT2D eigenvalue weighted by Gasteiger charge is -2.34. The summed E-state index contributed by atoms with van der Waals surface area (Å²) >= 11 is 3.51. The summed E-state index contributed by atoms with van der Waals surface area (Å²) in [6.45, 7) is 4.21. The van der Waals surface area contributed by atoms with E-state index in [2.05, 4.69) is 39.0 Å². The first kappa shape index (κ1) is 17.0. The molecule has 4 nitrogen and oxygen atoms in total. The van der Waals surface area contributed by atoms with Crippen LogP contribution in [0.15, 0.2) is 53.0 Å². The molecule has 0 atom stereocenters. The Bertz CT molecular complexity index is 712. The molecule has 1 amide bonds. The number of benzene rings is 2. The summed E-state index contributed by atoms with van der Waals surface area (Å²) < 4.78 is 6.31. The van der Waals surface area contributed by atoms with Crippen molar-refractivity contribution >= 4 is 21.8 Å². The van der Waals surface area contributed by atoms with Gasteiger partial charge in [0.25, 0.3) is 5.91 Å². The Labute approximate surface area is 151 Å². The van der Waals surface area contributed by atoms with Gasteiger partial charge in [0.1, 0.15) is 5.75 Å². The van der Waals surface area contributed by atoms with Crippen LogP contribution in [-0.4, -0.2) is 49.0 Å². The lowest BCUT2D eigenvalue weighted by Crippen LogP contribution is -2.48. The largest absolute Gasteiger partial charge is 0.497 e. The highest BCUT2D eigenvalue weighted by Crippen LogP contribution is 2.17. The van der Waals surface area contributed by atoms with E-state index in [1.54, 1.807) is 13.2 Å². The van der Waals surface area contributed by atoms with Crippen molar-refractivity contribution in [2.75, 3.05) is 33.3 Å². The Morgan fingerprint density at radius 3 is 2.54 bits per heavy atom. The van der Waals surface area contributed by atoms with Crippen molar-refractivity contribution in [2.24, 2.45) is 0 Å². The van der Waals surface area contributed by atoms with E-state index in [0.717, 1.165) is 37.2 Å². The molecule has 0 N–H and O–H groups in total. The minimum Gasteiger partial charge on any atom is -0.497 e. The Kier molecular flexibility index (Phi) is 5.53. The molecule has 1 aliphatic rings. The van der Waals surface area contributed by atoms with Crippen molar-refractivity contribution in [2.45, 2.75) is 6.54 Å². The highest BCUT2D eigenvalue weighted by molar-refractivity contribution is 9.10. The summed E-state index contributed by atoms with van der Waals surface area (Å²) in [5.41, 5.74) is 1.98. The molecule has 5 heteroatoms. The van der Waals surface area contributed by atoms with Gasteiger partial charge in [-0.1, -0.05) is 34.1 Å². The lowest BCUT2D eigenvalue weighted by atomic mass is 10.1. The van der Waals surface area contributed by atoms with E-state index >= 15 is 0 Å². The van der Waals surface area contributed by atoms with Crippen LogP contribution in [-0.2, 0) is 6.54 Å². The van der Waals surface area contributed by atoms with Crippen molar-refractivity contribution in [1.82, 2.24) is 9.80 Å². The first-order valence-corrected chi connectivity index (χ1v) is 8.85. The smallest absolute Gasteiger partial charge is 0.254 e. The van der Waals surface area contributed by atoms with Gasteiger partial charge in [0.05, 0.1) is 7.11 Å². The third-order valence-corrected chi connectivity index (χ3v) is 4.76. The second kappa shape index (κ2) is 7.81. The topological polar surface area (TPSA) is 32.8 Å². The molecule has 0 bridgehead atoms. The second-order valence-corrected chi connectivity index (χ2v) is 6.85. The van der Waals surface area contributed by atoms with Gasteiger partial charge in [-0.15, -0.1) is 0 Å². The van der Waals surface area contributed by atoms with Gasteiger partial charge in [0.2, 0.25) is 0 Å². The third kappa shape index (κ3) is 4.16. The first-order chi connectivity index (χ1) is 11.7. The van der Waals surface area contributed by atoms with E-state index in [4.69, 9.17) is 4.74 Å². The summed E-state index contributed by atoms with van der Waals surface area (Å²) in [5, 5.41) is 0. The number of hydrogen-bond donors (Lipinski definition) is 0. The van der Waals surface area contributed by atoms with Crippen LogP contribution in [0.5, 0.6) is 5.75 Å². The molecule has 126 valence electrons. The number of nitrogens with zero attached hydrogens (tertiary/aromatic N) is 2. The molecule has 1 saturated heterocycles. The summed E-state index contributed by atoms with van der Waals surface area (Å²) in [4.78, 5) is 16.9. The molecule has 0 radical (unpaired) electrons. The van der Waals surface area contributed by atoms with E-state index in [1.165, 1.54) is 5.56 Å². The Morgan fingerprint density at radius 1 is 1.08 bits per heavy atom. The number of hydrogen-bond acceptors (Lipinski definition) is 3. The van der Waals surface area contributed by atoms with Gasteiger partial charge in [0.15, 0.2) is 0 Å². The normalized spacial score (nSPS) is 15.3. The molecule has 0 saturated carbocycles. The average Bonchev–Trinajstić information content (AvgIpc) is 2.62. The minimum absolute atomic E-state index is 0.0796. The number of piperazine rings is 1. The molecular weight excluding hydrogens is 368 g/mol. The van der Waals surface area contributed by atoms with Crippen molar-refractivity contribution in [1.29, 1.82) is 0 Å². The number of carbonyl (C=O) groups excluding carboxylic acids is 1. The molecule has 1 heterocycles. The van der Waals surface area contributed by atoms with E-state index < -0.39 is 0 Å². The SMILES string of the molecule is COc1cccc(C(=O)N2CCN(Cc3cccc(Br)c3)CC2)c1. The van der Waals surface area contributed by atoms with Crippen LogP contribution in [0.2, 0.25) is 0 Å². The zero-order valence-electron chi connectivity index (χ0n) is 13.7. The van der Waals surface area contributed by atoms with Gasteiger partial charge in [0, 0.05) is 42.8 Å². The monoisotopic (exact) mass is 388 g/mol. The van der Waals surface area contributed by atoms with Gasteiger partial charge in [-0.25, -0.2) is 0 Å². The van der Waals surface area contributed by atoms with Gasteiger partial charge >= 0.3 is 0 Å². The zero-order chi connectivity index (χ0) is 16.9. The van der Waals surface area contributed by atoms with Crippen molar-refractivity contribution in [3.63, 3.8) is 0 Å². The predicted molar refractivity (Wildman–Crippen MR) is 98.3 cm³/mol. The maximum Gasteiger partial charge on any atom is 0.254 e. The van der Waals surface area contributed by atoms with Crippen molar-refractivity contribution in [3.05, 3.63) is 64.1 Å². The second-order valence-electron chi connectivity index (χ2n) is 5.93. The van der Waals surface area contributed by atoms with Gasteiger partial charge in [-0.2, -0.15) is 0 Å². The lowest BCUT2D eigenvalue weighted by molar-refractivity contribution is 0.0628. The van der Waals surface area contributed by atoms with Crippen LogP contribution >= 0.6 is 15.9 Å². The minimum atomic E-state index is 0.0796. The molecule has 0 aliphatic carbocycles. The summed E-state index contributed by atoms with van der Waals surface area (Å²) in [5.74, 6) is 0.796. The quantitative estimate of drug-likeness (QED) is 0.804. The molecule has 2 aromatic rings. The van der Waals surface area contributed by atoms with Crippen molar-refractivity contribution < 1.29 is 9.53 Å². The molecule has 0 aromatic heterocycles. The van der Waals surface area contributed by atoms with Crippen LogP contribution < -0.4 is 4.74 Å². The average molecular weight is 389 g/mol. The molecule has 0 unspecified atom stereocenters. The molecule has 24 heavy (non-hydrogen) atoms. The number of halogens is 1. The highest BCUT2D eigenvalue weighted by Gasteiger charge is 2.22. The fourth-order valence-corrected chi connectivity index (χ4v) is 3.39. The van der Waals surface area contributed by atoms with Gasteiger partial charge < -0.3 is 9.64 Å². The van der Waals surface area contributed by atoms with Crippen LogP contribution in [0.1, 0.15) is 15.9 Å². The van der Waals surface area contributed by atoms with E-state index in [-0.39, 0.29) is 5.91 Å². The van der Waals surface area contributed by atoms with E-state index in [9.17, 15) is 4.79 Å². The highest BCUT2D eigenvalue weighted by atomic mass is 79.9. The zero-order valence-corrected chi connectivity index (χ0v) is 15.3. The summed E-state index contributed by atoms with van der Waals surface area (Å²) in [6.07, 6.45) is 0. The number of amides is 1. The summed E-state index contributed by atoms with van der Waals surface area (Å²) in [6, 6.07) is 15.7. The van der Waals surface area contributed by atoms with Gasteiger partial charge in [-0.05, 0) is 35.9 Å². The van der Waals surface area contributed by atoms with Crippen LogP contribution in [0, 0.1) is 0 Å². The van der Waals surface area contributed by atoms with E-state index in [0.29, 0.717) is 11.3 Å². The Hall–Kier alpha value is -1.85. The molecule has 1 aliphatic heterocycles. The summed E-state index contributed by atoms with van der Waals surface area (Å²) in [7, 11) is 1.62. The molecule has 3 rings (SSSR count). The van der Waals surface area contributed by atoms with E-state index in [1.807, 2.05) is 29.2 Å². The predicted octanol–water partition coefficient (Wildman–Crippen LogP) is 3.42. The van der Waals surface area contributed by atoms with Crippen molar-refractivity contribution in [3.8, 4) is 5.75 Å². The Balaban J connectivity index is 1.57. The fraction of sp³-hybridized carbons (Fsp3) is 0.316. The molecule has 2 aromatic carbocycles. The maximum absolute atomic E-state index is 12.6. The van der Waals surface area contributed by atoms with Crippen LogP contribution in [0.3, 0.4) is 0 Å². The number of rotatable bonds is 4. The number of methoxy groups -OCH3 is 1. The fourth-order valence-electron chi connectivity index (χ4n) is 2.94. The van der Waals surface area contributed by atoms with Crippen LogP contribution in [0.25, 0.3) is 0 Å². The molecule has 1 fully saturated rings. The van der Waals surface area contributed by atoms with Gasteiger partial charge in [-0.3, -0.25) is 9.69 Å². The molecular formula is C19H21BrN2O2. The Morgan fingerprint density at radius 2 is 1.83 bits per heavy atom. The maximum atomic E-state index is 12.6. The standard InChI is InChI=1S/C19H21BrN2O2/c1-24-18-7-3-5-16(13-18)19(23)22-10-8-21(9-11-22)14-15-4-2-6-17(20)12-15/h2-7,12-13H,8-11,14H2,1H3. The molecule has 0 spiro atoms. The third-order valence-electron chi connectivity index (χ3n) is 4.27.